The number of carbonyl (C=O) groups is 2. The summed E-state index contributed by atoms with van der Waals surface area (Å²) in [4.78, 5) is 27.8. The van der Waals surface area contributed by atoms with Gasteiger partial charge in [-0.15, -0.1) is 0 Å². The summed E-state index contributed by atoms with van der Waals surface area (Å²) in [5, 5.41) is 9.67. The number of fused-ring (bicyclic) bond motifs is 1. The first-order valence-corrected chi connectivity index (χ1v) is 13.8. The number of hydrazine groups is 1. The zero-order valence-corrected chi connectivity index (χ0v) is 22.5. The van der Waals surface area contributed by atoms with Gasteiger partial charge in [-0.25, -0.2) is 10.9 Å². The molecule has 200 valence electrons. The van der Waals surface area contributed by atoms with Gasteiger partial charge in [-0.2, -0.15) is 0 Å². The van der Waals surface area contributed by atoms with Crippen molar-refractivity contribution in [3.63, 3.8) is 0 Å². The van der Waals surface area contributed by atoms with Crippen molar-refractivity contribution in [2.24, 2.45) is 11.8 Å². The average molecular weight is 522 g/mol. The van der Waals surface area contributed by atoms with Gasteiger partial charge in [0.15, 0.2) is 0 Å². The fourth-order valence-corrected chi connectivity index (χ4v) is 5.63. The lowest BCUT2D eigenvalue weighted by Gasteiger charge is -2.21. The molecule has 2 heterocycles. The van der Waals surface area contributed by atoms with E-state index in [2.05, 4.69) is 47.7 Å². The van der Waals surface area contributed by atoms with Crippen LogP contribution in [0, 0.1) is 12.8 Å². The maximum Gasteiger partial charge on any atom is 0.272 e. The first-order chi connectivity index (χ1) is 18.9. The molecule has 6 rings (SSSR count). The standard InChI is InChI=1S/C32H35N5O2/c1-20-5-14-27(37(33)32(39)23-10-6-21(7-11-23)29-4-3-15-36(29)2)18-28(20)25-13-12-24-17-30(34-19-26(24)16-25)35-31(38)22-8-9-22/h5-7,10-14,16-19,22,29-30,34H,3-4,8-9,15,33H2,1-2H3,(H,35,38). The average Bonchev–Trinajstić information content (AvgIpc) is 3.73. The Morgan fingerprint density at radius 2 is 1.79 bits per heavy atom. The molecule has 2 atom stereocenters. The lowest BCUT2D eigenvalue weighted by Crippen LogP contribution is -2.48. The zero-order valence-electron chi connectivity index (χ0n) is 22.5. The Kier molecular flexibility index (Phi) is 6.71. The monoisotopic (exact) mass is 521 g/mol. The molecule has 2 fully saturated rings. The topological polar surface area (TPSA) is 90.7 Å². The predicted octanol–water partition coefficient (Wildman–Crippen LogP) is 2.92. The molecule has 7 heteroatoms. The molecule has 1 aliphatic carbocycles. The van der Waals surface area contributed by atoms with E-state index in [0.717, 1.165) is 52.9 Å². The summed E-state index contributed by atoms with van der Waals surface area (Å²) in [7, 11) is 2.15. The Bertz CT molecular complexity index is 1540. The zero-order chi connectivity index (χ0) is 27.1. The van der Waals surface area contributed by atoms with E-state index in [0.29, 0.717) is 17.3 Å². The minimum absolute atomic E-state index is 0.114. The SMILES string of the molecule is Cc1ccc(N(N)C(=O)c2ccc(C3CCCN3C)cc2)cc1-c1ccc2c(c1)=CNC(NC(=O)C1CC1)C=2. The number of rotatable bonds is 6. The van der Waals surface area contributed by atoms with Crippen LogP contribution in [0.1, 0.15) is 53.2 Å². The lowest BCUT2D eigenvalue weighted by atomic mass is 9.98. The summed E-state index contributed by atoms with van der Waals surface area (Å²) in [6.07, 6.45) is 8.09. The van der Waals surface area contributed by atoms with Gasteiger partial charge in [0.1, 0.15) is 6.17 Å². The van der Waals surface area contributed by atoms with Crippen LogP contribution in [0.4, 0.5) is 5.69 Å². The summed E-state index contributed by atoms with van der Waals surface area (Å²) < 4.78 is 0. The van der Waals surface area contributed by atoms with Crippen molar-refractivity contribution in [2.45, 2.75) is 44.8 Å². The van der Waals surface area contributed by atoms with Gasteiger partial charge in [-0.1, -0.05) is 30.3 Å². The van der Waals surface area contributed by atoms with Crippen molar-refractivity contribution >= 4 is 29.8 Å². The van der Waals surface area contributed by atoms with E-state index < -0.39 is 0 Å². The van der Waals surface area contributed by atoms with Gasteiger partial charge in [-0.05, 0) is 115 Å². The number of amides is 2. The number of carbonyl (C=O) groups excluding carboxylic acids is 2. The number of aryl methyl sites for hydroxylation is 1. The minimum Gasteiger partial charge on any atom is -0.368 e. The molecule has 2 amide bonds. The third-order valence-corrected chi connectivity index (χ3v) is 8.19. The van der Waals surface area contributed by atoms with E-state index in [-0.39, 0.29) is 23.9 Å². The fourth-order valence-electron chi connectivity index (χ4n) is 5.63. The number of likely N-dealkylation sites (tertiary alicyclic amines) is 1. The Morgan fingerprint density at radius 3 is 2.51 bits per heavy atom. The van der Waals surface area contributed by atoms with E-state index in [1.807, 2.05) is 54.7 Å². The minimum atomic E-state index is -0.243. The van der Waals surface area contributed by atoms with Gasteiger partial charge < -0.3 is 10.6 Å². The quantitative estimate of drug-likeness (QED) is 0.264. The maximum atomic E-state index is 13.3. The third kappa shape index (κ3) is 5.20. The molecule has 1 saturated carbocycles. The van der Waals surface area contributed by atoms with E-state index in [1.165, 1.54) is 17.0 Å². The fraction of sp³-hybridized carbons (Fsp3) is 0.312. The molecule has 3 aliphatic rings. The number of nitrogens with one attached hydrogen (secondary N) is 2. The predicted molar refractivity (Wildman–Crippen MR) is 155 cm³/mol. The molecule has 0 bridgehead atoms. The highest BCUT2D eigenvalue weighted by atomic mass is 16.2. The van der Waals surface area contributed by atoms with Crippen LogP contribution >= 0.6 is 0 Å². The Labute approximate surface area is 229 Å². The van der Waals surface area contributed by atoms with E-state index in [4.69, 9.17) is 5.84 Å². The highest BCUT2D eigenvalue weighted by Gasteiger charge is 2.30. The van der Waals surface area contributed by atoms with Crippen molar-refractivity contribution in [1.82, 2.24) is 15.5 Å². The van der Waals surface area contributed by atoms with Crippen molar-refractivity contribution in [3.8, 4) is 11.1 Å². The van der Waals surface area contributed by atoms with Crippen molar-refractivity contribution in [2.75, 3.05) is 18.6 Å². The second-order valence-corrected chi connectivity index (χ2v) is 11.0. The first-order valence-electron chi connectivity index (χ1n) is 13.8. The van der Waals surface area contributed by atoms with Crippen LogP contribution in [0.2, 0.25) is 0 Å². The number of nitrogens with zero attached hydrogens (tertiary/aromatic N) is 2. The third-order valence-electron chi connectivity index (χ3n) is 8.19. The molecule has 0 aromatic heterocycles. The molecule has 3 aromatic rings. The highest BCUT2D eigenvalue weighted by Crippen LogP contribution is 2.31. The first kappa shape index (κ1) is 25.3. The normalized spacial score (nSPS) is 20.3. The van der Waals surface area contributed by atoms with Crippen LogP contribution in [0.25, 0.3) is 23.4 Å². The largest absolute Gasteiger partial charge is 0.368 e. The molecule has 0 radical (unpaired) electrons. The van der Waals surface area contributed by atoms with Crippen molar-refractivity contribution in [3.05, 3.63) is 87.8 Å². The molecule has 0 spiro atoms. The number of hydrogen-bond acceptors (Lipinski definition) is 5. The number of hydrogen-bond donors (Lipinski definition) is 3. The van der Waals surface area contributed by atoms with E-state index in [9.17, 15) is 9.59 Å². The van der Waals surface area contributed by atoms with E-state index >= 15 is 0 Å². The molecule has 1 saturated heterocycles. The van der Waals surface area contributed by atoms with Gasteiger partial charge in [-0.3, -0.25) is 14.5 Å². The second-order valence-electron chi connectivity index (χ2n) is 11.0. The van der Waals surface area contributed by atoms with Crippen LogP contribution in [-0.2, 0) is 4.79 Å². The Morgan fingerprint density at radius 1 is 1.00 bits per heavy atom. The van der Waals surface area contributed by atoms with Crippen molar-refractivity contribution in [1.29, 1.82) is 0 Å². The highest BCUT2D eigenvalue weighted by molar-refractivity contribution is 6.05. The number of benzene rings is 3. The molecular weight excluding hydrogens is 486 g/mol. The molecular formula is C32H35N5O2. The van der Waals surface area contributed by atoms with Gasteiger partial charge in [0, 0.05) is 23.7 Å². The molecule has 2 unspecified atom stereocenters. The molecule has 39 heavy (non-hydrogen) atoms. The molecule has 4 N–H and O–H groups in total. The molecule has 7 nitrogen and oxygen atoms in total. The van der Waals surface area contributed by atoms with Gasteiger partial charge in [0.05, 0.1) is 5.69 Å². The van der Waals surface area contributed by atoms with E-state index in [1.54, 1.807) is 0 Å². The summed E-state index contributed by atoms with van der Waals surface area (Å²) in [5.41, 5.74) is 5.57. The van der Waals surface area contributed by atoms with Gasteiger partial charge in [0.25, 0.3) is 5.91 Å². The molecule has 2 aliphatic heterocycles. The Hall–Kier alpha value is -3.94. The Balaban J connectivity index is 1.21. The summed E-state index contributed by atoms with van der Waals surface area (Å²) >= 11 is 0. The van der Waals surface area contributed by atoms with Crippen molar-refractivity contribution < 1.29 is 9.59 Å². The maximum absolute atomic E-state index is 13.3. The lowest BCUT2D eigenvalue weighted by molar-refractivity contribution is -0.122. The molecule has 3 aromatic carbocycles. The van der Waals surface area contributed by atoms with Crippen LogP contribution in [0.3, 0.4) is 0 Å². The van der Waals surface area contributed by atoms with Crippen LogP contribution < -0.4 is 31.9 Å². The van der Waals surface area contributed by atoms with Gasteiger partial charge in [0.2, 0.25) is 5.91 Å². The number of anilines is 1. The van der Waals surface area contributed by atoms with Crippen LogP contribution in [0.5, 0.6) is 0 Å². The van der Waals surface area contributed by atoms with Gasteiger partial charge >= 0.3 is 0 Å². The summed E-state index contributed by atoms with van der Waals surface area (Å²) in [6.45, 7) is 3.16. The summed E-state index contributed by atoms with van der Waals surface area (Å²) in [6, 6.07) is 20.4. The summed E-state index contributed by atoms with van der Waals surface area (Å²) in [5.74, 6) is 6.41. The number of nitrogens with two attached hydrogens (primary N) is 1. The van der Waals surface area contributed by atoms with Crippen LogP contribution in [-0.4, -0.2) is 36.5 Å². The smallest absolute Gasteiger partial charge is 0.272 e. The second kappa shape index (κ2) is 10.3. The van der Waals surface area contributed by atoms with Crippen LogP contribution in [0.15, 0.2) is 60.7 Å².